The predicted octanol–water partition coefficient (Wildman–Crippen LogP) is 1.31. The first-order valence-electron chi connectivity index (χ1n) is 3.84. The molecule has 2 N–H and O–H groups in total. The van der Waals surface area contributed by atoms with E-state index in [2.05, 4.69) is 11.1 Å². The quantitative estimate of drug-likeness (QED) is 0.768. The number of nitrogens with two attached hydrogens (primary N) is 1. The van der Waals surface area contributed by atoms with Gasteiger partial charge in [0.05, 0.1) is 0 Å². The molecule has 0 spiro atoms. The summed E-state index contributed by atoms with van der Waals surface area (Å²) >= 11 is 0. The Labute approximate surface area is 104 Å². The minimum absolute atomic E-state index is 0. The first-order chi connectivity index (χ1) is 5.70. The van der Waals surface area contributed by atoms with Gasteiger partial charge in [-0.2, -0.15) is 6.07 Å². The van der Waals surface area contributed by atoms with E-state index in [0.29, 0.717) is 0 Å². The van der Waals surface area contributed by atoms with Gasteiger partial charge in [-0.15, -0.1) is 11.6 Å². The second-order valence-electron chi connectivity index (χ2n) is 1.98. The molecule has 0 saturated heterocycles. The Morgan fingerprint density at radius 3 is 2.38 bits per heavy atom. The first-order valence-corrected chi connectivity index (χ1v) is 3.84. The van der Waals surface area contributed by atoms with E-state index < -0.39 is 5.91 Å². The topological polar surface area (TPSA) is 56.0 Å². The Kier molecular flexibility index (Phi) is 9.74. The second kappa shape index (κ2) is 8.33. The smallest absolute Gasteiger partial charge is 0.210 e. The number of pyridine rings is 1. The minimum atomic E-state index is -0.517. The third-order valence-electron chi connectivity index (χ3n) is 1.09. The number of hydrogen-bond donors (Lipinski definition) is 1. The predicted molar refractivity (Wildman–Crippen MR) is 47.7 cm³/mol. The summed E-state index contributed by atoms with van der Waals surface area (Å²) in [6.45, 7) is 5.85. The van der Waals surface area contributed by atoms with Crippen molar-refractivity contribution in [2.24, 2.45) is 5.73 Å². The van der Waals surface area contributed by atoms with Gasteiger partial charge in [0.25, 0.3) is 0 Å². The van der Waals surface area contributed by atoms with E-state index in [1.54, 1.807) is 6.20 Å². The molecule has 0 bridgehead atoms. The number of carbonyl (C=O) groups excluding carboxylic acids is 1. The Balaban J connectivity index is 0. The molecule has 1 amide bonds. The summed E-state index contributed by atoms with van der Waals surface area (Å²) < 4.78 is 0. The Bertz CT molecular complexity index is 246. The number of primary amides is 1. The van der Waals surface area contributed by atoms with Crippen molar-refractivity contribution in [3.05, 3.63) is 29.6 Å². The molecule has 0 aliphatic carbocycles. The van der Waals surface area contributed by atoms with Crippen molar-refractivity contribution < 1.29 is 37.5 Å². The van der Waals surface area contributed by atoms with Crippen LogP contribution in [0.25, 0.3) is 0 Å². The molecular weight excluding hydrogens is 241 g/mol. The van der Waals surface area contributed by atoms with E-state index >= 15 is 0 Å². The van der Waals surface area contributed by atoms with E-state index in [1.165, 1.54) is 6.07 Å². The zero-order valence-electron chi connectivity index (χ0n) is 8.16. The van der Waals surface area contributed by atoms with Crippen LogP contribution in [-0.2, 0) is 32.7 Å². The van der Waals surface area contributed by atoms with E-state index in [4.69, 9.17) is 5.73 Å². The number of carbonyl (C=O) groups is 1. The van der Waals surface area contributed by atoms with Crippen molar-refractivity contribution in [3.63, 3.8) is 0 Å². The summed E-state index contributed by atoms with van der Waals surface area (Å²) in [7, 11) is 0. The van der Waals surface area contributed by atoms with Crippen LogP contribution in [0, 0.1) is 13.0 Å². The van der Waals surface area contributed by atoms with Gasteiger partial charge in [0.15, 0.2) is 0 Å². The molecule has 1 aromatic rings. The normalized spacial score (nSPS) is 7.62. The number of aromatic nitrogens is 1. The zero-order chi connectivity index (χ0) is 9.56. The summed E-state index contributed by atoms with van der Waals surface area (Å²) in [4.78, 5) is 14.2. The monoisotopic (exact) mass is 254 g/mol. The molecule has 0 unspecified atom stereocenters. The van der Waals surface area contributed by atoms with Crippen LogP contribution < -0.4 is 5.73 Å². The SMILES string of the molecule is CC.Cc1[c-]cc(C(N)=O)nc1.[Y]. The molecule has 0 saturated carbocycles. The van der Waals surface area contributed by atoms with Crippen LogP contribution in [0.5, 0.6) is 0 Å². The number of amides is 1. The van der Waals surface area contributed by atoms with Crippen molar-refractivity contribution in [2.75, 3.05) is 0 Å². The number of rotatable bonds is 1. The second-order valence-corrected chi connectivity index (χ2v) is 1.98. The molecule has 1 aromatic heterocycles. The van der Waals surface area contributed by atoms with Crippen molar-refractivity contribution in [2.45, 2.75) is 20.8 Å². The summed E-state index contributed by atoms with van der Waals surface area (Å²) in [5.74, 6) is -0.517. The van der Waals surface area contributed by atoms with Gasteiger partial charge in [0, 0.05) is 38.4 Å². The number of nitrogens with zero attached hydrogens (tertiary/aromatic N) is 1. The molecule has 0 atom stereocenters. The summed E-state index contributed by atoms with van der Waals surface area (Å²) in [6.07, 6.45) is 1.56. The van der Waals surface area contributed by atoms with Crippen LogP contribution in [0.3, 0.4) is 0 Å². The molecule has 0 aliphatic rings. The Morgan fingerprint density at radius 1 is 1.54 bits per heavy atom. The Hall–Kier alpha value is -0.276. The fourth-order valence-electron chi connectivity index (χ4n) is 0.558. The van der Waals surface area contributed by atoms with E-state index in [-0.39, 0.29) is 38.4 Å². The average Bonchev–Trinajstić information content (AvgIpc) is 2.09. The van der Waals surface area contributed by atoms with Crippen LogP contribution in [0.15, 0.2) is 12.3 Å². The molecule has 1 rings (SSSR count). The van der Waals surface area contributed by atoms with Gasteiger partial charge >= 0.3 is 0 Å². The third-order valence-corrected chi connectivity index (χ3v) is 1.09. The number of hydrogen-bond acceptors (Lipinski definition) is 2. The van der Waals surface area contributed by atoms with Crippen LogP contribution in [0.1, 0.15) is 29.9 Å². The van der Waals surface area contributed by atoms with Crippen molar-refractivity contribution in [3.8, 4) is 0 Å². The molecule has 1 heterocycles. The molecule has 0 aliphatic heterocycles. The fraction of sp³-hybridized carbons (Fsp3) is 0.333. The van der Waals surface area contributed by atoms with Crippen molar-refractivity contribution >= 4 is 5.91 Å². The largest absolute Gasteiger partial charge is 0.378 e. The van der Waals surface area contributed by atoms with E-state index in [1.807, 2.05) is 20.8 Å². The van der Waals surface area contributed by atoms with Gasteiger partial charge in [-0.05, 0) is 0 Å². The third kappa shape index (κ3) is 5.89. The molecule has 13 heavy (non-hydrogen) atoms. The van der Waals surface area contributed by atoms with Gasteiger partial charge in [0.2, 0.25) is 5.91 Å². The maximum Gasteiger partial charge on any atom is 0.210 e. The average molecular weight is 254 g/mol. The molecule has 1 radical (unpaired) electrons. The Morgan fingerprint density at radius 2 is 2.08 bits per heavy atom. The molecule has 69 valence electrons. The standard InChI is InChI=1S/C7H7N2O.C2H6.Y/c1-5-2-3-6(7(8)10)9-4-5;1-2;/h3-4H,1H3,(H2,8,10);1-2H3;/q-1;;. The van der Waals surface area contributed by atoms with Crippen molar-refractivity contribution in [1.82, 2.24) is 4.98 Å². The summed E-state index contributed by atoms with van der Waals surface area (Å²) in [5, 5.41) is 0. The van der Waals surface area contributed by atoms with Crippen LogP contribution in [0.2, 0.25) is 0 Å². The van der Waals surface area contributed by atoms with Gasteiger partial charge in [-0.1, -0.05) is 27.0 Å². The van der Waals surface area contributed by atoms with Gasteiger partial charge in [-0.25, -0.2) is 0 Å². The molecule has 0 aromatic carbocycles. The first kappa shape index (κ1) is 15.2. The summed E-state index contributed by atoms with van der Waals surface area (Å²) in [6, 6.07) is 4.30. The minimum Gasteiger partial charge on any atom is -0.378 e. The molecular formula is C9H13N2OY-. The molecule has 0 fully saturated rings. The maximum absolute atomic E-state index is 10.5. The fourth-order valence-corrected chi connectivity index (χ4v) is 0.558. The van der Waals surface area contributed by atoms with Crippen LogP contribution in [0.4, 0.5) is 0 Å². The number of aryl methyl sites for hydroxylation is 1. The van der Waals surface area contributed by atoms with Crippen LogP contribution >= 0.6 is 0 Å². The van der Waals surface area contributed by atoms with Crippen molar-refractivity contribution in [1.29, 1.82) is 0 Å². The van der Waals surface area contributed by atoms with Gasteiger partial charge in [-0.3, -0.25) is 4.79 Å². The van der Waals surface area contributed by atoms with E-state index in [9.17, 15) is 4.79 Å². The van der Waals surface area contributed by atoms with Gasteiger partial charge in [0.1, 0.15) is 0 Å². The summed E-state index contributed by atoms with van der Waals surface area (Å²) in [5.41, 5.74) is 6.09. The van der Waals surface area contributed by atoms with Gasteiger partial charge < -0.3 is 10.7 Å². The van der Waals surface area contributed by atoms with E-state index in [0.717, 1.165) is 5.56 Å². The molecule has 3 nitrogen and oxygen atoms in total. The zero-order valence-corrected chi connectivity index (χ0v) is 11.0. The maximum atomic E-state index is 10.5. The molecule has 4 heteroatoms. The van der Waals surface area contributed by atoms with Crippen LogP contribution in [-0.4, -0.2) is 10.9 Å².